The second-order valence-electron chi connectivity index (χ2n) is 14.8. The maximum atomic E-state index is 2.54. The van der Waals surface area contributed by atoms with Crippen molar-refractivity contribution in [3.8, 4) is 33.4 Å². The van der Waals surface area contributed by atoms with Crippen molar-refractivity contribution in [3.05, 3.63) is 174 Å². The predicted molar refractivity (Wildman–Crippen MR) is 219 cm³/mol. The van der Waals surface area contributed by atoms with Crippen LogP contribution in [0.2, 0.25) is 0 Å². The first-order valence-corrected chi connectivity index (χ1v) is 19.1. The van der Waals surface area contributed by atoms with Crippen LogP contribution in [0.4, 0.5) is 17.1 Å². The lowest BCUT2D eigenvalue weighted by Crippen LogP contribution is -2.17. The predicted octanol–water partition coefficient (Wildman–Crippen LogP) is 14.0. The van der Waals surface area contributed by atoms with Gasteiger partial charge in [-0.2, -0.15) is 0 Å². The van der Waals surface area contributed by atoms with Crippen molar-refractivity contribution in [1.29, 1.82) is 0 Å². The van der Waals surface area contributed by atoms with Gasteiger partial charge in [-0.05, 0) is 124 Å². The molecule has 8 aromatic rings. The molecule has 1 nitrogen and oxygen atoms in total. The second kappa shape index (κ2) is 11.8. The molecule has 0 atom stereocenters. The van der Waals surface area contributed by atoms with E-state index in [-0.39, 0.29) is 5.41 Å². The van der Waals surface area contributed by atoms with E-state index in [4.69, 9.17) is 0 Å². The number of benzene rings is 7. The molecule has 2 aliphatic carbocycles. The highest BCUT2D eigenvalue weighted by atomic mass is 32.1. The molecule has 10 rings (SSSR count). The standard InChI is InChI=1S/C49H39NS/c1-49(2)44-21-10-8-18-39(44)41-30-42(38-20-12-16-34-15-6-7-17-37(34)38)46(31-45(41)49)50(35-25-23-33(24-26-35)32-13-4-3-5-14-32)36-27-28-48-43(29-36)40-19-9-11-22-47(40)51-48/h3-5,8-14,16,18-31H,6-7,15,17H2,1-2H3. The van der Waals surface area contributed by atoms with Crippen LogP contribution in [0.5, 0.6) is 0 Å². The van der Waals surface area contributed by atoms with E-state index in [0.29, 0.717) is 0 Å². The van der Waals surface area contributed by atoms with Gasteiger partial charge in [-0.15, -0.1) is 11.3 Å². The molecule has 0 saturated carbocycles. The molecule has 246 valence electrons. The Bertz CT molecular complexity index is 2610. The number of nitrogens with zero attached hydrogens (tertiary/aromatic N) is 1. The van der Waals surface area contributed by atoms with E-state index in [2.05, 4.69) is 170 Å². The Morgan fingerprint density at radius 3 is 2.08 bits per heavy atom. The molecule has 0 bridgehead atoms. The third kappa shape index (κ3) is 4.88. The Labute approximate surface area is 304 Å². The second-order valence-corrected chi connectivity index (χ2v) is 15.8. The summed E-state index contributed by atoms with van der Waals surface area (Å²) in [6.45, 7) is 4.79. The van der Waals surface area contributed by atoms with Crippen LogP contribution in [0.15, 0.2) is 152 Å². The van der Waals surface area contributed by atoms with Gasteiger partial charge in [0.25, 0.3) is 0 Å². The van der Waals surface area contributed by atoms with Gasteiger partial charge in [0.2, 0.25) is 0 Å². The highest BCUT2D eigenvalue weighted by molar-refractivity contribution is 7.25. The number of rotatable bonds is 5. The summed E-state index contributed by atoms with van der Waals surface area (Å²) in [5.74, 6) is 0. The Morgan fingerprint density at radius 1 is 0.490 bits per heavy atom. The molecule has 0 amide bonds. The first-order chi connectivity index (χ1) is 25.0. The van der Waals surface area contributed by atoms with Gasteiger partial charge in [-0.25, -0.2) is 0 Å². The van der Waals surface area contributed by atoms with E-state index in [1.54, 1.807) is 0 Å². The lowest BCUT2D eigenvalue weighted by Gasteiger charge is -2.31. The number of thiophene rings is 1. The number of hydrogen-bond donors (Lipinski definition) is 0. The number of fused-ring (bicyclic) bond motifs is 7. The van der Waals surface area contributed by atoms with E-state index < -0.39 is 0 Å². The quantitative estimate of drug-likeness (QED) is 0.176. The maximum Gasteiger partial charge on any atom is 0.0543 e. The van der Waals surface area contributed by atoms with Crippen LogP contribution in [-0.2, 0) is 18.3 Å². The fourth-order valence-electron chi connectivity index (χ4n) is 8.88. The van der Waals surface area contributed by atoms with Crippen LogP contribution in [0.3, 0.4) is 0 Å². The van der Waals surface area contributed by atoms with E-state index in [1.165, 1.54) is 100 Å². The van der Waals surface area contributed by atoms with Crippen LogP contribution >= 0.6 is 11.3 Å². The molecule has 2 heteroatoms. The molecule has 0 saturated heterocycles. The van der Waals surface area contributed by atoms with E-state index in [1.807, 2.05) is 11.3 Å². The molecule has 2 aliphatic rings. The third-order valence-electron chi connectivity index (χ3n) is 11.5. The van der Waals surface area contributed by atoms with Gasteiger partial charge in [-0.1, -0.05) is 117 Å². The number of anilines is 3. The Morgan fingerprint density at radius 2 is 1.20 bits per heavy atom. The molecule has 1 aromatic heterocycles. The van der Waals surface area contributed by atoms with Crippen LogP contribution in [-0.4, -0.2) is 0 Å². The lowest BCUT2D eigenvalue weighted by atomic mass is 9.80. The van der Waals surface area contributed by atoms with Crippen molar-refractivity contribution < 1.29 is 0 Å². The van der Waals surface area contributed by atoms with Gasteiger partial charge >= 0.3 is 0 Å². The minimum absolute atomic E-state index is 0.119. The number of aryl methyl sites for hydroxylation is 1. The van der Waals surface area contributed by atoms with Crippen molar-refractivity contribution in [2.45, 2.75) is 44.9 Å². The average Bonchev–Trinajstić information content (AvgIpc) is 3.66. The van der Waals surface area contributed by atoms with Crippen LogP contribution in [0.1, 0.15) is 48.9 Å². The maximum absolute atomic E-state index is 2.54. The minimum atomic E-state index is -0.119. The van der Waals surface area contributed by atoms with Crippen LogP contribution < -0.4 is 4.90 Å². The molecule has 7 aromatic carbocycles. The van der Waals surface area contributed by atoms with Crippen LogP contribution in [0, 0.1) is 0 Å². The first kappa shape index (κ1) is 30.4. The monoisotopic (exact) mass is 673 g/mol. The Hall–Kier alpha value is -5.44. The summed E-state index contributed by atoms with van der Waals surface area (Å²) in [6.07, 6.45) is 4.80. The Kier molecular flexibility index (Phi) is 7.05. The molecule has 0 aliphatic heterocycles. The highest BCUT2D eigenvalue weighted by Crippen LogP contribution is 2.54. The molecule has 0 radical (unpaired) electrons. The summed E-state index contributed by atoms with van der Waals surface area (Å²) >= 11 is 1.88. The summed E-state index contributed by atoms with van der Waals surface area (Å²) in [5, 5.41) is 2.63. The van der Waals surface area contributed by atoms with Crippen molar-refractivity contribution in [1.82, 2.24) is 0 Å². The SMILES string of the molecule is CC1(C)c2ccccc2-c2cc(-c3cccc4c3CCCC4)c(N(c3ccc(-c4ccccc4)cc3)c3ccc4sc5ccccc5c4c3)cc21. The summed E-state index contributed by atoms with van der Waals surface area (Å²) in [5.41, 5.74) is 17.1. The summed E-state index contributed by atoms with van der Waals surface area (Å²) in [4.78, 5) is 2.54. The fraction of sp³-hybridized carbons (Fsp3) is 0.143. The normalized spacial score (nSPS) is 14.3. The molecular weight excluding hydrogens is 635 g/mol. The van der Waals surface area contributed by atoms with Gasteiger partial charge in [-0.3, -0.25) is 0 Å². The van der Waals surface area contributed by atoms with Gasteiger partial charge in [0, 0.05) is 42.5 Å². The minimum Gasteiger partial charge on any atom is -0.310 e. The van der Waals surface area contributed by atoms with Crippen molar-refractivity contribution in [2.75, 3.05) is 4.90 Å². The molecule has 0 spiro atoms. The van der Waals surface area contributed by atoms with Gasteiger partial charge < -0.3 is 4.90 Å². The van der Waals surface area contributed by atoms with Crippen molar-refractivity contribution in [2.24, 2.45) is 0 Å². The van der Waals surface area contributed by atoms with Gasteiger partial charge in [0.05, 0.1) is 5.69 Å². The fourth-order valence-corrected chi connectivity index (χ4v) is 9.97. The zero-order chi connectivity index (χ0) is 34.1. The first-order valence-electron chi connectivity index (χ1n) is 18.3. The average molecular weight is 674 g/mol. The molecule has 0 fully saturated rings. The summed E-state index contributed by atoms with van der Waals surface area (Å²) in [6, 6.07) is 57.0. The van der Waals surface area contributed by atoms with Crippen LogP contribution in [0.25, 0.3) is 53.6 Å². The number of hydrogen-bond acceptors (Lipinski definition) is 2. The van der Waals surface area contributed by atoms with Crippen molar-refractivity contribution in [3.63, 3.8) is 0 Å². The zero-order valence-corrected chi connectivity index (χ0v) is 29.9. The Balaban J connectivity index is 1.27. The zero-order valence-electron chi connectivity index (χ0n) is 29.1. The third-order valence-corrected chi connectivity index (χ3v) is 12.6. The molecule has 0 unspecified atom stereocenters. The lowest BCUT2D eigenvalue weighted by molar-refractivity contribution is 0.660. The van der Waals surface area contributed by atoms with Gasteiger partial charge in [0.15, 0.2) is 0 Å². The van der Waals surface area contributed by atoms with Gasteiger partial charge in [0.1, 0.15) is 0 Å². The largest absolute Gasteiger partial charge is 0.310 e. The van der Waals surface area contributed by atoms with E-state index >= 15 is 0 Å². The van der Waals surface area contributed by atoms with E-state index in [9.17, 15) is 0 Å². The highest BCUT2D eigenvalue weighted by Gasteiger charge is 2.37. The van der Waals surface area contributed by atoms with Crippen molar-refractivity contribution >= 4 is 48.6 Å². The topological polar surface area (TPSA) is 3.24 Å². The summed E-state index contributed by atoms with van der Waals surface area (Å²) < 4.78 is 2.65. The van der Waals surface area contributed by atoms with E-state index in [0.717, 1.165) is 18.5 Å². The smallest absolute Gasteiger partial charge is 0.0543 e. The molecule has 0 N–H and O–H groups in total. The molecule has 1 heterocycles. The summed E-state index contributed by atoms with van der Waals surface area (Å²) in [7, 11) is 0. The molecule has 51 heavy (non-hydrogen) atoms. The molecular formula is C49H39NS.